The summed E-state index contributed by atoms with van der Waals surface area (Å²) in [5.41, 5.74) is 7.02. The van der Waals surface area contributed by atoms with Gasteiger partial charge in [0.15, 0.2) is 5.84 Å². The van der Waals surface area contributed by atoms with Gasteiger partial charge < -0.3 is 20.1 Å². The number of nitrogens with zero attached hydrogens (tertiary/aromatic N) is 2. The predicted molar refractivity (Wildman–Crippen MR) is 70.9 cm³/mol. The maximum Gasteiger partial charge on any atom is 0.260 e. The van der Waals surface area contributed by atoms with Gasteiger partial charge in [-0.2, -0.15) is 0 Å². The van der Waals surface area contributed by atoms with Crippen molar-refractivity contribution in [3.8, 4) is 5.75 Å². The Balaban J connectivity index is 2.40. The van der Waals surface area contributed by atoms with Crippen molar-refractivity contribution in [3.63, 3.8) is 0 Å². The second-order valence-electron chi connectivity index (χ2n) is 3.70. The Morgan fingerprint density at radius 3 is 2.89 bits per heavy atom. The van der Waals surface area contributed by atoms with Crippen molar-refractivity contribution in [1.29, 1.82) is 0 Å². The van der Waals surface area contributed by atoms with Crippen molar-refractivity contribution in [1.82, 2.24) is 4.98 Å². The molecule has 7 heteroatoms. The van der Waals surface area contributed by atoms with E-state index >= 15 is 0 Å². The molecule has 0 aliphatic heterocycles. The number of ether oxygens (including phenoxy) is 1. The number of benzene rings is 1. The van der Waals surface area contributed by atoms with E-state index in [-0.39, 0.29) is 5.84 Å². The molecule has 0 spiro atoms. The second-order valence-corrected chi connectivity index (χ2v) is 4.70. The summed E-state index contributed by atoms with van der Waals surface area (Å²) in [4.78, 5) is 4.93. The fourth-order valence-electron chi connectivity index (χ4n) is 1.45. The highest BCUT2D eigenvalue weighted by Crippen LogP contribution is 2.32. The van der Waals surface area contributed by atoms with Crippen LogP contribution in [0.4, 0.5) is 0 Å². The normalized spacial score (nSPS) is 11.6. The van der Waals surface area contributed by atoms with E-state index in [0.717, 1.165) is 10.6 Å². The first-order chi connectivity index (χ1) is 9.13. The standard InChI is InChI=1S/C12H13N3O3S/c1-7-6-18-12(14-7)19-10-5-8(17-2)3-4-9(10)11(13)15-16/h3-6,16H,1-2H3,(H2,13,15). The van der Waals surface area contributed by atoms with Gasteiger partial charge in [0.05, 0.1) is 12.8 Å². The minimum absolute atomic E-state index is 0.0217. The Kier molecular flexibility index (Phi) is 3.96. The first kappa shape index (κ1) is 13.3. The largest absolute Gasteiger partial charge is 0.497 e. The summed E-state index contributed by atoms with van der Waals surface area (Å²) in [6, 6.07) is 5.22. The molecule has 0 fully saturated rings. The first-order valence-corrected chi connectivity index (χ1v) is 6.21. The van der Waals surface area contributed by atoms with E-state index in [1.807, 2.05) is 6.92 Å². The number of oxazole rings is 1. The van der Waals surface area contributed by atoms with Gasteiger partial charge in [0.1, 0.15) is 12.0 Å². The SMILES string of the molecule is COc1ccc(/C(N)=N/O)c(Sc2nc(C)co2)c1. The van der Waals surface area contributed by atoms with Gasteiger partial charge in [-0.15, -0.1) is 0 Å². The molecule has 1 aromatic carbocycles. The number of rotatable bonds is 4. The molecule has 1 aromatic heterocycles. The highest BCUT2D eigenvalue weighted by atomic mass is 32.2. The van der Waals surface area contributed by atoms with Gasteiger partial charge in [0.25, 0.3) is 5.22 Å². The average molecular weight is 279 g/mol. The summed E-state index contributed by atoms with van der Waals surface area (Å²) in [6.45, 7) is 1.84. The second kappa shape index (κ2) is 5.66. The summed E-state index contributed by atoms with van der Waals surface area (Å²) in [5, 5.41) is 12.3. The summed E-state index contributed by atoms with van der Waals surface area (Å²) >= 11 is 1.28. The summed E-state index contributed by atoms with van der Waals surface area (Å²) in [5.74, 6) is 0.689. The van der Waals surface area contributed by atoms with E-state index < -0.39 is 0 Å². The number of hydrogen-bond donors (Lipinski definition) is 2. The van der Waals surface area contributed by atoms with Crippen LogP contribution in [0.2, 0.25) is 0 Å². The number of hydrogen-bond acceptors (Lipinski definition) is 6. The molecule has 3 N–H and O–H groups in total. The van der Waals surface area contributed by atoms with E-state index in [4.69, 9.17) is 20.1 Å². The fraction of sp³-hybridized carbons (Fsp3) is 0.167. The van der Waals surface area contributed by atoms with Crippen LogP contribution >= 0.6 is 11.8 Å². The molecule has 0 amide bonds. The van der Waals surface area contributed by atoms with Crippen LogP contribution in [0.1, 0.15) is 11.3 Å². The van der Waals surface area contributed by atoms with Crippen molar-refractivity contribution >= 4 is 17.6 Å². The summed E-state index contributed by atoms with van der Waals surface area (Å²) < 4.78 is 10.4. The number of oxime groups is 1. The Hall–Kier alpha value is -2.15. The lowest BCUT2D eigenvalue weighted by Gasteiger charge is -2.08. The minimum Gasteiger partial charge on any atom is -0.497 e. The van der Waals surface area contributed by atoms with E-state index in [0.29, 0.717) is 16.5 Å². The van der Waals surface area contributed by atoms with Crippen molar-refractivity contribution in [2.24, 2.45) is 10.9 Å². The Bertz CT molecular complexity index is 610. The molecular formula is C12H13N3O3S. The molecule has 2 rings (SSSR count). The maximum atomic E-state index is 8.79. The molecule has 0 radical (unpaired) electrons. The molecule has 2 aromatic rings. The highest BCUT2D eigenvalue weighted by Gasteiger charge is 2.13. The third-order valence-electron chi connectivity index (χ3n) is 2.37. The van der Waals surface area contributed by atoms with Gasteiger partial charge >= 0.3 is 0 Å². The third kappa shape index (κ3) is 3.00. The monoisotopic (exact) mass is 279 g/mol. The molecule has 0 atom stereocenters. The van der Waals surface area contributed by atoms with Gasteiger partial charge in [0, 0.05) is 10.5 Å². The first-order valence-electron chi connectivity index (χ1n) is 5.40. The lowest BCUT2D eigenvalue weighted by atomic mass is 10.2. The van der Waals surface area contributed by atoms with Crippen molar-refractivity contribution in [2.45, 2.75) is 17.0 Å². The van der Waals surface area contributed by atoms with Gasteiger partial charge in [-0.1, -0.05) is 5.16 Å². The molecule has 0 saturated carbocycles. The zero-order valence-electron chi connectivity index (χ0n) is 10.5. The van der Waals surface area contributed by atoms with Crippen LogP contribution in [0.15, 0.2) is 44.2 Å². The van der Waals surface area contributed by atoms with Gasteiger partial charge in [-0.05, 0) is 36.9 Å². The van der Waals surface area contributed by atoms with Crippen molar-refractivity contribution in [3.05, 3.63) is 35.7 Å². The van der Waals surface area contributed by atoms with Gasteiger partial charge in [-0.25, -0.2) is 4.98 Å². The quantitative estimate of drug-likeness (QED) is 0.386. The van der Waals surface area contributed by atoms with Crippen LogP contribution in [-0.2, 0) is 0 Å². The maximum absolute atomic E-state index is 8.79. The summed E-state index contributed by atoms with van der Waals surface area (Å²) in [6.07, 6.45) is 1.56. The lowest BCUT2D eigenvalue weighted by molar-refractivity contribution is 0.318. The van der Waals surface area contributed by atoms with E-state index in [2.05, 4.69) is 10.1 Å². The zero-order chi connectivity index (χ0) is 13.8. The Morgan fingerprint density at radius 2 is 2.32 bits per heavy atom. The van der Waals surface area contributed by atoms with Gasteiger partial charge in [-0.3, -0.25) is 0 Å². The molecule has 19 heavy (non-hydrogen) atoms. The highest BCUT2D eigenvalue weighted by molar-refractivity contribution is 7.99. The molecule has 6 nitrogen and oxygen atoms in total. The lowest BCUT2D eigenvalue weighted by Crippen LogP contribution is -2.14. The van der Waals surface area contributed by atoms with Crippen LogP contribution in [-0.4, -0.2) is 23.1 Å². The molecule has 0 bridgehead atoms. The van der Waals surface area contributed by atoms with Crippen LogP contribution < -0.4 is 10.5 Å². The Morgan fingerprint density at radius 1 is 1.53 bits per heavy atom. The minimum atomic E-state index is 0.0217. The number of aryl methyl sites for hydroxylation is 1. The van der Waals surface area contributed by atoms with Crippen LogP contribution in [0.5, 0.6) is 5.75 Å². The van der Waals surface area contributed by atoms with Crippen LogP contribution in [0.25, 0.3) is 0 Å². The zero-order valence-corrected chi connectivity index (χ0v) is 11.3. The van der Waals surface area contributed by atoms with Crippen molar-refractivity contribution < 1.29 is 14.4 Å². The molecule has 0 saturated heterocycles. The van der Waals surface area contributed by atoms with E-state index in [1.54, 1.807) is 31.6 Å². The van der Waals surface area contributed by atoms with Gasteiger partial charge in [0.2, 0.25) is 0 Å². The molecule has 0 aliphatic carbocycles. The van der Waals surface area contributed by atoms with E-state index in [1.165, 1.54) is 11.8 Å². The number of nitrogens with two attached hydrogens (primary N) is 1. The number of aromatic nitrogens is 1. The molecule has 100 valence electrons. The van der Waals surface area contributed by atoms with E-state index in [9.17, 15) is 0 Å². The van der Waals surface area contributed by atoms with Crippen molar-refractivity contribution in [2.75, 3.05) is 7.11 Å². The molecule has 0 unspecified atom stereocenters. The molecule has 0 aliphatic rings. The third-order valence-corrected chi connectivity index (χ3v) is 3.29. The molecular weight excluding hydrogens is 266 g/mol. The number of amidine groups is 1. The smallest absolute Gasteiger partial charge is 0.260 e. The number of methoxy groups -OCH3 is 1. The fourth-order valence-corrected chi connectivity index (χ4v) is 2.38. The van der Waals surface area contributed by atoms with Crippen LogP contribution in [0, 0.1) is 6.92 Å². The molecule has 1 heterocycles. The predicted octanol–water partition coefficient (Wildman–Crippen LogP) is 2.24. The summed E-state index contributed by atoms with van der Waals surface area (Å²) in [7, 11) is 1.57. The average Bonchev–Trinajstić information content (AvgIpc) is 2.83. The Labute approximate surface area is 114 Å². The van der Waals surface area contributed by atoms with Crippen LogP contribution in [0.3, 0.4) is 0 Å². The topological polar surface area (TPSA) is 93.9 Å².